The van der Waals surface area contributed by atoms with E-state index in [0.29, 0.717) is 32.7 Å². The average Bonchev–Trinajstić information content (AvgIpc) is 3.01. The molecule has 0 spiro atoms. The maximum absolute atomic E-state index is 12.2. The predicted octanol–water partition coefficient (Wildman–Crippen LogP) is -0.756. The maximum atomic E-state index is 12.2. The van der Waals surface area contributed by atoms with Crippen LogP contribution in [0.3, 0.4) is 0 Å². The van der Waals surface area contributed by atoms with Gasteiger partial charge in [0.25, 0.3) is 0 Å². The van der Waals surface area contributed by atoms with Crippen molar-refractivity contribution in [1.82, 2.24) is 14.7 Å². The van der Waals surface area contributed by atoms with Crippen molar-refractivity contribution in [3.8, 4) is 0 Å². The van der Waals surface area contributed by atoms with Gasteiger partial charge in [-0.2, -0.15) is 0 Å². The Balaban J connectivity index is 1.45. The molecule has 0 atom stereocenters. The SMILES string of the molecule is NC1(C(=O)N2CCN(C(=O)CN3CCCC3)CC2)CC1. The Morgan fingerprint density at radius 1 is 0.900 bits per heavy atom. The van der Waals surface area contributed by atoms with Crippen LogP contribution in [0.25, 0.3) is 0 Å². The minimum absolute atomic E-state index is 0.0733. The molecule has 1 aliphatic carbocycles. The van der Waals surface area contributed by atoms with E-state index in [4.69, 9.17) is 5.73 Å². The van der Waals surface area contributed by atoms with Crippen LogP contribution in [0.5, 0.6) is 0 Å². The Morgan fingerprint density at radius 2 is 1.45 bits per heavy atom. The van der Waals surface area contributed by atoms with E-state index in [-0.39, 0.29) is 11.8 Å². The van der Waals surface area contributed by atoms with E-state index in [0.717, 1.165) is 25.9 Å². The van der Waals surface area contributed by atoms with Crippen LogP contribution >= 0.6 is 0 Å². The van der Waals surface area contributed by atoms with Crippen LogP contribution in [0.2, 0.25) is 0 Å². The predicted molar refractivity (Wildman–Crippen MR) is 75.0 cm³/mol. The molecule has 20 heavy (non-hydrogen) atoms. The van der Waals surface area contributed by atoms with E-state index in [1.54, 1.807) is 0 Å². The number of nitrogens with two attached hydrogens (primary N) is 1. The molecule has 6 nitrogen and oxygen atoms in total. The number of amides is 2. The largest absolute Gasteiger partial charge is 0.338 e. The number of likely N-dealkylation sites (tertiary alicyclic amines) is 1. The Morgan fingerprint density at radius 3 is 2.00 bits per heavy atom. The van der Waals surface area contributed by atoms with Crippen molar-refractivity contribution in [3.05, 3.63) is 0 Å². The fourth-order valence-corrected chi connectivity index (χ4v) is 3.05. The van der Waals surface area contributed by atoms with Crippen LogP contribution < -0.4 is 5.73 Å². The van der Waals surface area contributed by atoms with Gasteiger partial charge in [0.1, 0.15) is 0 Å². The van der Waals surface area contributed by atoms with Crippen molar-refractivity contribution in [2.24, 2.45) is 5.73 Å². The first-order valence-electron chi connectivity index (χ1n) is 7.67. The van der Waals surface area contributed by atoms with Gasteiger partial charge in [0.15, 0.2) is 0 Å². The van der Waals surface area contributed by atoms with E-state index in [1.165, 1.54) is 12.8 Å². The molecule has 3 aliphatic rings. The van der Waals surface area contributed by atoms with Gasteiger partial charge >= 0.3 is 0 Å². The van der Waals surface area contributed by atoms with Crippen LogP contribution in [0.15, 0.2) is 0 Å². The molecule has 0 bridgehead atoms. The molecule has 1 saturated carbocycles. The fourth-order valence-electron chi connectivity index (χ4n) is 3.05. The first kappa shape index (κ1) is 13.8. The molecule has 0 aromatic rings. The minimum atomic E-state index is -0.582. The first-order chi connectivity index (χ1) is 9.58. The van der Waals surface area contributed by atoms with Gasteiger partial charge in [-0.3, -0.25) is 14.5 Å². The third-order valence-electron chi connectivity index (χ3n) is 4.69. The highest BCUT2D eigenvalue weighted by atomic mass is 16.2. The van der Waals surface area contributed by atoms with Gasteiger partial charge in [-0.05, 0) is 38.8 Å². The number of hydrogen-bond donors (Lipinski definition) is 1. The molecule has 112 valence electrons. The van der Waals surface area contributed by atoms with Gasteiger partial charge in [-0.25, -0.2) is 0 Å². The zero-order chi connectivity index (χ0) is 14.2. The van der Waals surface area contributed by atoms with Crippen molar-refractivity contribution in [2.45, 2.75) is 31.2 Å². The molecule has 2 N–H and O–H groups in total. The van der Waals surface area contributed by atoms with E-state index in [1.807, 2.05) is 9.80 Å². The normalized spacial score (nSPS) is 25.9. The molecule has 0 aromatic heterocycles. The second-order valence-corrected chi connectivity index (χ2v) is 6.31. The summed E-state index contributed by atoms with van der Waals surface area (Å²) in [6.45, 7) is 5.17. The number of hydrogen-bond acceptors (Lipinski definition) is 4. The van der Waals surface area contributed by atoms with Gasteiger partial charge in [0.2, 0.25) is 11.8 Å². The van der Waals surface area contributed by atoms with Crippen molar-refractivity contribution >= 4 is 11.8 Å². The first-order valence-corrected chi connectivity index (χ1v) is 7.67. The molecule has 6 heteroatoms. The van der Waals surface area contributed by atoms with Gasteiger partial charge in [-0.1, -0.05) is 0 Å². The Bertz CT molecular complexity index is 394. The van der Waals surface area contributed by atoms with E-state index in [9.17, 15) is 9.59 Å². The Kier molecular flexibility index (Phi) is 3.69. The number of nitrogens with zero attached hydrogens (tertiary/aromatic N) is 3. The molecule has 2 saturated heterocycles. The molecule has 2 aliphatic heterocycles. The van der Waals surface area contributed by atoms with Crippen LogP contribution in [0, 0.1) is 0 Å². The van der Waals surface area contributed by atoms with Gasteiger partial charge in [0.05, 0.1) is 12.1 Å². The summed E-state index contributed by atoms with van der Waals surface area (Å²) in [7, 11) is 0. The topological polar surface area (TPSA) is 69.9 Å². The second-order valence-electron chi connectivity index (χ2n) is 6.31. The van der Waals surface area contributed by atoms with E-state index in [2.05, 4.69) is 4.90 Å². The van der Waals surface area contributed by atoms with Gasteiger partial charge in [0, 0.05) is 26.2 Å². The summed E-state index contributed by atoms with van der Waals surface area (Å²) < 4.78 is 0. The molecule has 0 radical (unpaired) electrons. The number of carbonyl (C=O) groups excluding carboxylic acids is 2. The molecule has 0 unspecified atom stereocenters. The summed E-state index contributed by atoms with van der Waals surface area (Å²) in [6, 6.07) is 0. The monoisotopic (exact) mass is 280 g/mol. The smallest absolute Gasteiger partial charge is 0.242 e. The summed E-state index contributed by atoms with van der Waals surface area (Å²) >= 11 is 0. The molecule has 0 aromatic carbocycles. The third kappa shape index (κ3) is 2.81. The number of carbonyl (C=O) groups is 2. The summed E-state index contributed by atoms with van der Waals surface area (Å²) in [5.41, 5.74) is 5.36. The molecular formula is C14H24N4O2. The minimum Gasteiger partial charge on any atom is -0.338 e. The van der Waals surface area contributed by atoms with Crippen molar-refractivity contribution < 1.29 is 9.59 Å². The zero-order valence-electron chi connectivity index (χ0n) is 12.0. The Labute approximate surface area is 119 Å². The highest BCUT2D eigenvalue weighted by Gasteiger charge is 2.48. The summed E-state index contributed by atoms with van der Waals surface area (Å²) in [6.07, 6.45) is 4.02. The lowest BCUT2D eigenvalue weighted by atomic mass is 10.2. The lowest BCUT2D eigenvalue weighted by Crippen LogP contribution is -2.56. The highest BCUT2D eigenvalue weighted by molar-refractivity contribution is 5.89. The maximum Gasteiger partial charge on any atom is 0.242 e. The lowest BCUT2D eigenvalue weighted by molar-refractivity contribution is -0.141. The molecule has 3 rings (SSSR count). The molecule has 2 heterocycles. The molecular weight excluding hydrogens is 256 g/mol. The number of rotatable bonds is 3. The lowest BCUT2D eigenvalue weighted by Gasteiger charge is -2.36. The van der Waals surface area contributed by atoms with Gasteiger partial charge in [-0.15, -0.1) is 0 Å². The van der Waals surface area contributed by atoms with Crippen LogP contribution in [0.1, 0.15) is 25.7 Å². The average molecular weight is 280 g/mol. The third-order valence-corrected chi connectivity index (χ3v) is 4.69. The Hall–Kier alpha value is -1.14. The van der Waals surface area contributed by atoms with Crippen LogP contribution in [-0.2, 0) is 9.59 Å². The van der Waals surface area contributed by atoms with Crippen LogP contribution in [-0.4, -0.2) is 77.9 Å². The van der Waals surface area contributed by atoms with E-state index >= 15 is 0 Å². The molecule has 2 amide bonds. The van der Waals surface area contributed by atoms with Crippen molar-refractivity contribution in [1.29, 1.82) is 0 Å². The van der Waals surface area contributed by atoms with Crippen molar-refractivity contribution in [2.75, 3.05) is 45.8 Å². The summed E-state index contributed by atoms with van der Waals surface area (Å²) in [5, 5.41) is 0. The fraction of sp³-hybridized carbons (Fsp3) is 0.857. The second kappa shape index (κ2) is 5.33. The van der Waals surface area contributed by atoms with Gasteiger partial charge < -0.3 is 15.5 Å². The summed E-state index contributed by atoms with van der Waals surface area (Å²) in [5.74, 6) is 0.275. The highest BCUT2D eigenvalue weighted by Crippen LogP contribution is 2.34. The quantitative estimate of drug-likeness (QED) is 0.738. The van der Waals surface area contributed by atoms with Crippen molar-refractivity contribution in [3.63, 3.8) is 0 Å². The number of piperazine rings is 1. The van der Waals surface area contributed by atoms with E-state index < -0.39 is 5.54 Å². The molecule has 3 fully saturated rings. The standard InChI is InChI=1S/C14H24N4O2/c15-14(3-4-14)13(20)18-9-7-17(8-10-18)12(19)11-16-5-1-2-6-16/h1-11,15H2. The van der Waals surface area contributed by atoms with Crippen LogP contribution in [0.4, 0.5) is 0 Å². The zero-order valence-corrected chi connectivity index (χ0v) is 12.0. The summed E-state index contributed by atoms with van der Waals surface area (Å²) in [4.78, 5) is 30.3.